The van der Waals surface area contributed by atoms with Gasteiger partial charge in [0.25, 0.3) is 0 Å². The van der Waals surface area contributed by atoms with Gasteiger partial charge in [-0.25, -0.2) is 12.8 Å². The van der Waals surface area contributed by atoms with Crippen molar-refractivity contribution in [2.45, 2.75) is 43.2 Å². The van der Waals surface area contributed by atoms with Gasteiger partial charge in [-0.3, -0.25) is 0 Å². The van der Waals surface area contributed by atoms with Gasteiger partial charge >= 0.3 is 0 Å². The maximum absolute atomic E-state index is 13.1. The van der Waals surface area contributed by atoms with Gasteiger partial charge in [-0.2, -0.15) is 4.31 Å². The lowest BCUT2D eigenvalue weighted by Crippen LogP contribution is -2.51. The summed E-state index contributed by atoms with van der Waals surface area (Å²) in [6.07, 6.45) is 2.48. The Morgan fingerprint density at radius 1 is 1.43 bits per heavy atom. The smallest absolute Gasteiger partial charge is 0.244 e. The van der Waals surface area contributed by atoms with Crippen LogP contribution in [0.3, 0.4) is 0 Å². The molecule has 0 aromatic heterocycles. The molecule has 0 spiro atoms. The summed E-state index contributed by atoms with van der Waals surface area (Å²) in [6.45, 7) is 2.22. The maximum atomic E-state index is 13.1. The highest BCUT2D eigenvalue weighted by Gasteiger charge is 2.36. The second kappa shape index (κ2) is 7.24. The van der Waals surface area contributed by atoms with E-state index in [1.165, 1.54) is 10.4 Å². The molecule has 1 aliphatic rings. The van der Waals surface area contributed by atoms with Gasteiger partial charge in [-0.15, -0.1) is 12.4 Å². The first-order valence-electron chi connectivity index (χ1n) is 6.56. The molecule has 21 heavy (non-hydrogen) atoms. The van der Waals surface area contributed by atoms with Crippen LogP contribution in [0.5, 0.6) is 0 Å². The molecule has 4 nitrogen and oxygen atoms in total. The van der Waals surface area contributed by atoms with Gasteiger partial charge in [-0.1, -0.05) is 18.0 Å². The second-order valence-corrected chi connectivity index (χ2v) is 7.38. The zero-order chi connectivity index (χ0) is 14.9. The predicted octanol–water partition coefficient (Wildman–Crippen LogP) is 2.79. The van der Waals surface area contributed by atoms with Crippen LogP contribution in [0.1, 0.15) is 26.2 Å². The third-order valence-corrected chi connectivity index (χ3v) is 5.99. The number of benzene rings is 1. The first-order chi connectivity index (χ1) is 9.34. The first kappa shape index (κ1) is 18.6. The number of halogens is 3. The van der Waals surface area contributed by atoms with Crippen molar-refractivity contribution in [1.29, 1.82) is 0 Å². The molecule has 1 heterocycles. The van der Waals surface area contributed by atoms with E-state index in [0.717, 1.165) is 31.4 Å². The van der Waals surface area contributed by atoms with Gasteiger partial charge < -0.3 is 5.73 Å². The molecule has 2 rings (SSSR count). The van der Waals surface area contributed by atoms with Crippen LogP contribution in [0.2, 0.25) is 5.02 Å². The van der Waals surface area contributed by atoms with Gasteiger partial charge in [0.1, 0.15) is 10.7 Å². The number of nitrogens with two attached hydrogens (primary N) is 1. The van der Waals surface area contributed by atoms with E-state index >= 15 is 0 Å². The van der Waals surface area contributed by atoms with Crippen LogP contribution in [0.15, 0.2) is 23.1 Å². The molecule has 2 atom stereocenters. The highest BCUT2D eigenvalue weighted by Crippen LogP contribution is 2.30. The molecule has 0 bridgehead atoms. The van der Waals surface area contributed by atoms with Crippen molar-refractivity contribution in [1.82, 2.24) is 4.31 Å². The molecule has 2 unspecified atom stereocenters. The quantitative estimate of drug-likeness (QED) is 0.905. The third kappa shape index (κ3) is 3.87. The maximum Gasteiger partial charge on any atom is 0.244 e. The number of sulfonamides is 1. The summed E-state index contributed by atoms with van der Waals surface area (Å²) in [5.41, 5.74) is 5.90. The van der Waals surface area contributed by atoms with Crippen molar-refractivity contribution in [2.75, 3.05) is 6.54 Å². The van der Waals surface area contributed by atoms with Gasteiger partial charge in [0.2, 0.25) is 10.0 Å². The normalized spacial score (nSPS) is 21.6. The van der Waals surface area contributed by atoms with Crippen LogP contribution in [-0.4, -0.2) is 31.4 Å². The zero-order valence-electron chi connectivity index (χ0n) is 11.6. The summed E-state index contributed by atoms with van der Waals surface area (Å²) in [4.78, 5) is -0.0619. The molecule has 0 saturated carbocycles. The Labute approximate surface area is 135 Å². The number of rotatable bonds is 3. The van der Waals surface area contributed by atoms with Crippen LogP contribution in [-0.2, 0) is 10.0 Å². The average molecular weight is 357 g/mol. The number of hydrogen-bond acceptors (Lipinski definition) is 3. The lowest BCUT2D eigenvalue weighted by atomic mass is 10.00. The Bertz CT molecular complexity index is 596. The van der Waals surface area contributed by atoms with Gasteiger partial charge in [0.05, 0.1) is 5.02 Å². The van der Waals surface area contributed by atoms with Crippen molar-refractivity contribution < 1.29 is 12.8 Å². The molecule has 120 valence electrons. The van der Waals surface area contributed by atoms with E-state index in [1.54, 1.807) is 6.92 Å². The fourth-order valence-corrected chi connectivity index (χ4v) is 4.85. The zero-order valence-corrected chi connectivity index (χ0v) is 14.0. The van der Waals surface area contributed by atoms with Crippen LogP contribution in [0.25, 0.3) is 0 Å². The molecule has 1 aliphatic heterocycles. The second-order valence-electron chi connectivity index (χ2n) is 5.11. The predicted molar refractivity (Wildman–Crippen MR) is 83.8 cm³/mol. The van der Waals surface area contributed by atoms with Crippen molar-refractivity contribution in [3.8, 4) is 0 Å². The van der Waals surface area contributed by atoms with Crippen LogP contribution >= 0.6 is 24.0 Å². The van der Waals surface area contributed by atoms with Gasteiger partial charge in [-0.05, 0) is 38.0 Å². The van der Waals surface area contributed by atoms with Crippen molar-refractivity contribution in [3.63, 3.8) is 0 Å². The van der Waals surface area contributed by atoms with E-state index in [-0.39, 0.29) is 34.4 Å². The monoisotopic (exact) mass is 356 g/mol. The van der Waals surface area contributed by atoms with E-state index in [2.05, 4.69) is 0 Å². The molecule has 1 aromatic carbocycles. The van der Waals surface area contributed by atoms with E-state index < -0.39 is 15.8 Å². The minimum Gasteiger partial charge on any atom is -0.326 e. The molecule has 1 saturated heterocycles. The molecule has 0 radical (unpaired) electrons. The minimum atomic E-state index is -3.75. The highest BCUT2D eigenvalue weighted by molar-refractivity contribution is 7.89. The Morgan fingerprint density at radius 2 is 2.10 bits per heavy atom. The van der Waals surface area contributed by atoms with Crippen LogP contribution < -0.4 is 5.73 Å². The molecular weight excluding hydrogens is 338 g/mol. The summed E-state index contributed by atoms with van der Waals surface area (Å²) in [7, 11) is -3.75. The molecular formula is C13H19Cl2FN2O2S. The third-order valence-electron chi connectivity index (χ3n) is 3.59. The standard InChI is InChI=1S/C13H18ClFN2O2S.ClH/c1-9(16)12-4-2-3-7-17(12)20(18,19)13-6-5-10(15)8-11(13)14;/h5-6,8-9,12H,2-4,7,16H2,1H3;1H. The number of hydrogen-bond donors (Lipinski definition) is 1. The summed E-state index contributed by atoms with van der Waals surface area (Å²) < 4.78 is 39.9. The summed E-state index contributed by atoms with van der Waals surface area (Å²) in [5.74, 6) is -0.559. The topological polar surface area (TPSA) is 63.4 Å². The largest absolute Gasteiger partial charge is 0.326 e. The Morgan fingerprint density at radius 3 is 2.67 bits per heavy atom. The fourth-order valence-electron chi connectivity index (χ4n) is 2.57. The fraction of sp³-hybridized carbons (Fsp3) is 0.538. The highest BCUT2D eigenvalue weighted by atomic mass is 35.5. The summed E-state index contributed by atoms with van der Waals surface area (Å²) in [6, 6.07) is 2.82. The SMILES string of the molecule is CC(N)C1CCCCN1S(=O)(=O)c1ccc(F)cc1Cl.Cl. The van der Waals surface area contributed by atoms with Crippen molar-refractivity contribution >= 4 is 34.0 Å². The van der Waals surface area contributed by atoms with E-state index in [1.807, 2.05) is 0 Å². The van der Waals surface area contributed by atoms with Gasteiger partial charge in [0.15, 0.2) is 0 Å². The Balaban J connectivity index is 0.00000220. The summed E-state index contributed by atoms with van der Waals surface area (Å²) >= 11 is 5.88. The van der Waals surface area contributed by atoms with Crippen LogP contribution in [0, 0.1) is 5.82 Å². The summed E-state index contributed by atoms with van der Waals surface area (Å²) in [5, 5.41) is -0.0982. The lowest BCUT2D eigenvalue weighted by molar-refractivity contribution is 0.227. The number of nitrogens with zero attached hydrogens (tertiary/aromatic N) is 1. The number of piperidine rings is 1. The molecule has 1 fully saturated rings. The molecule has 1 aromatic rings. The Hall–Kier alpha value is -0.400. The van der Waals surface area contributed by atoms with E-state index in [9.17, 15) is 12.8 Å². The van der Waals surface area contributed by atoms with Crippen LogP contribution in [0.4, 0.5) is 4.39 Å². The van der Waals surface area contributed by atoms with E-state index in [0.29, 0.717) is 6.54 Å². The molecule has 2 N–H and O–H groups in total. The molecule has 8 heteroatoms. The molecule has 0 aliphatic carbocycles. The minimum absolute atomic E-state index is 0. The van der Waals surface area contributed by atoms with E-state index in [4.69, 9.17) is 17.3 Å². The van der Waals surface area contributed by atoms with Gasteiger partial charge in [0, 0.05) is 18.6 Å². The average Bonchev–Trinajstić information content (AvgIpc) is 2.38. The van der Waals surface area contributed by atoms with Crippen molar-refractivity contribution in [3.05, 3.63) is 29.0 Å². The Kier molecular flexibility index (Phi) is 6.43. The molecule has 0 amide bonds. The lowest BCUT2D eigenvalue weighted by Gasteiger charge is -2.37. The van der Waals surface area contributed by atoms with Crippen molar-refractivity contribution in [2.24, 2.45) is 5.73 Å². The first-order valence-corrected chi connectivity index (χ1v) is 8.38.